The molecule has 0 aliphatic carbocycles. The molecule has 1 aromatic carbocycles. The van der Waals surface area contributed by atoms with E-state index in [4.69, 9.17) is 23.4 Å². The molecule has 1 aliphatic rings. The van der Waals surface area contributed by atoms with E-state index in [0.717, 1.165) is 21.5 Å². The van der Waals surface area contributed by atoms with E-state index < -0.39 is 17.1 Å². The Morgan fingerprint density at radius 1 is 1.42 bits per heavy atom. The van der Waals surface area contributed by atoms with Crippen LogP contribution >= 0.6 is 12.2 Å². The lowest BCUT2D eigenvalue weighted by molar-refractivity contribution is 0.367. The van der Waals surface area contributed by atoms with Crippen molar-refractivity contribution >= 4 is 22.9 Å². The molecular formula is C15H11FN4O3S. The lowest BCUT2D eigenvalue weighted by atomic mass is 10.2. The summed E-state index contributed by atoms with van der Waals surface area (Å²) in [6.45, 7) is 0.288. The molecule has 0 spiro atoms. The van der Waals surface area contributed by atoms with Crippen molar-refractivity contribution in [2.75, 3.05) is 18.1 Å². The quantitative estimate of drug-likeness (QED) is 0.573. The monoisotopic (exact) mass is 346 g/mol. The highest BCUT2D eigenvalue weighted by Gasteiger charge is 2.25. The van der Waals surface area contributed by atoms with Gasteiger partial charge in [-0.05, 0) is 6.07 Å². The molecule has 0 unspecified atom stereocenters. The minimum absolute atomic E-state index is 0.112. The molecule has 24 heavy (non-hydrogen) atoms. The normalized spacial score (nSPS) is 13.2. The van der Waals surface area contributed by atoms with Gasteiger partial charge in [-0.25, -0.2) is 9.18 Å². The van der Waals surface area contributed by atoms with Crippen LogP contribution in [0.5, 0.6) is 5.75 Å². The maximum absolute atomic E-state index is 14.4. The summed E-state index contributed by atoms with van der Waals surface area (Å²) in [5.74, 6) is 2.01. The molecule has 9 heteroatoms. The molecule has 0 amide bonds. The van der Waals surface area contributed by atoms with Gasteiger partial charge in [0, 0.05) is 13.1 Å². The number of rotatable bonds is 2. The predicted octanol–water partition coefficient (Wildman–Crippen LogP) is 0.230. The standard InChI is InChI=1S/C15H11FN4O3S/c1-3-4-19-11-6-10(9(16)5-12(11)23-8-14(19)24)20-15(22)18(2)13(21)7-17-20/h1,5-7H,4,8H2,2H3. The van der Waals surface area contributed by atoms with E-state index in [1.54, 1.807) is 4.90 Å². The fourth-order valence-electron chi connectivity index (χ4n) is 2.28. The van der Waals surface area contributed by atoms with Crippen molar-refractivity contribution in [3.05, 3.63) is 45.0 Å². The first kappa shape index (κ1) is 15.9. The number of hydrogen-bond acceptors (Lipinski definition) is 5. The number of thiocarbonyl (C=S) groups is 1. The summed E-state index contributed by atoms with van der Waals surface area (Å²) in [7, 11) is 1.28. The molecule has 2 heterocycles. The molecule has 0 fully saturated rings. The first-order valence-corrected chi connectivity index (χ1v) is 7.20. The zero-order valence-corrected chi connectivity index (χ0v) is 13.3. The molecule has 0 saturated carbocycles. The molecule has 0 saturated heterocycles. The summed E-state index contributed by atoms with van der Waals surface area (Å²) in [6.07, 6.45) is 6.28. The zero-order chi connectivity index (χ0) is 17.4. The lowest BCUT2D eigenvalue weighted by Crippen LogP contribution is -2.40. The van der Waals surface area contributed by atoms with Gasteiger partial charge in [-0.3, -0.25) is 9.36 Å². The molecule has 0 atom stereocenters. The van der Waals surface area contributed by atoms with Crippen LogP contribution in [0.3, 0.4) is 0 Å². The van der Waals surface area contributed by atoms with E-state index in [1.165, 1.54) is 13.1 Å². The van der Waals surface area contributed by atoms with Crippen LogP contribution in [0, 0.1) is 18.2 Å². The number of terminal acetylenes is 1. The van der Waals surface area contributed by atoms with E-state index >= 15 is 0 Å². The maximum Gasteiger partial charge on any atom is 0.352 e. The lowest BCUT2D eigenvalue weighted by Gasteiger charge is -2.30. The maximum atomic E-state index is 14.4. The Kier molecular flexibility index (Phi) is 3.91. The molecule has 0 bridgehead atoms. The first-order chi connectivity index (χ1) is 11.4. The molecule has 2 aromatic rings. The van der Waals surface area contributed by atoms with Crippen molar-refractivity contribution in [3.63, 3.8) is 0 Å². The molecule has 7 nitrogen and oxygen atoms in total. The third kappa shape index (κ3) is 2.47. The van der Waals surface area contributed by atoms with E-state index in [2.05, 4.69) is 11.0 Å². The minimum Gasteiger partial charge on any atom is -0.484 e. The van der Waals surface area contributed by atoms with Gasteiger partial charge >= 0.3 is 5.69 Å². The van der Waals surface area contributed by atoms with Crippen molar-refractivity contribution in [1.29, 1.82) is 0 Å². The second kappa shape index (κ2) is 5.90. The second-order valence-corrected chi connectivity index (χ2v) is 5.45. The van der Waals surface area contributed by atoms with Crippen LogP contribution in [0.4, 0.5) is 10.1 Å². The summed E-state index contributed by atoms with van der Waals surface area (Å²) in [5.41, 5.74) is -1.06. The summed E-state index contributed by atoms with van der Waals surface area (Å²) < 4.78 is 21.4. The Morgan fingerprint density at radius 3 is 2.88 bits per heavy atom. The SMILES string of the molecule is C#CCN1C(=S)COc2cc(F)c(-n3ncc(=O)n(C)c3=O)cc21. The molecule has 122 valence electrons. The molecule has 1 aliphatic heterocycles. The predicted molar refractivity (Wildman–Crippen MR) is 89.3 cm³/mol. The molecule has 1 aromatic heterocycles. The average Bonchev–Trinajstić information content (AvgIpc) is 2.56. The van der Waals surface area contributed by atoms with E-state index in [0.29, 0.717) is 10.7 Å². The Hall–Kier alpha value is -2.99. The first-order valence-electron chi connectivity index (χ1n) is 6.80. The highest BCUT2D eigenvalue weighted by atomic mass is 32.1. The van der Waals surface area contributed by atoms with Gasteiger partial charge in [0.15, 0.2) is 5.82 Å². The van der Waals surface area contributed by atoms with Crippen LogP contribution in [0.25, 0.3) is 5.69 Å². The fraction of sp³-hybridized carbons (Fsp3) is 0.200. The molecule has 0 radical (unpaired) electrons. The third-order valence-electron chi connectivity index (χ3n) is 3.53. The number of aromatic nitrogens is 3. The Bertz CT molecular complexity index is 1010. The highest BCUT2D eigenvalue weighted by molar-refractivity contribution is 7.80. The summed E-state index contributed by atoms with van der Waals surface area (Å²) in [4.78, 5) is 25.7. The van der Waals surface area contributed by atoms with Gasteiger partial charge in [0.25, 0.3) is 5.56 Å². The topological polar surface area (TPSA) is 69.4 Å². The average molecular weight is 346 g/mol. The number of ether oxygens (including phenoxy) is 1. The largest absolute Gasteiger partial charge is 0.484 e. The van der Waals surface area contributed by atoms with Gasteiger partial charge in [-0.2, -0.15) is 9.78 Å². The van der Waals surface area contributed by atoms with Crippen LogP contribution in [0.2, 0.25) is 0 Å². The highest BCUT2D eigenvalue weighted by Crippen LogP contribution is 2.35. The minimum atomic E-state index is -0.774. The van der Waals surface area contributed by atoms with Crippen LogP contribution in [-0.2, 0) is 7.05 Å². The number of anilines is 1. The number of halogens is 1. The van der Waals surface area contributed by atoms with Crippen LogP contribution < -0.4 is 20.9 Å². The van der Waals surface area contributed by atoms with Crippen LogP contribution in [0.1, 0.15) is 0 Å². The van der Waals surface area contributed by atoms with E-state index in [-0.39, 0.29) is 24.6 Å². The van der Waals surface area contributed by atoms with Crippen molar-refractivity contribution < 1.29 is 9.13 Å². The Morgan fingerprint density at radius 2 is 2.17 bits per heavy atom. The number of nitrogens with zero attached hydrogens (tertiary/aromatic N) is 4. The summed E-state index contributed by atoms with van der Waals surface area (Å²) in [5, 5.41) is 3.71. The summed E-state index contributed by atoms with van der Waals surface area (Å²) >= 11 is 5.21. The van der Waals surface area contributed by atoms with Gasteiger partial charge in [0.05, 0.1) is 12.2 Å². The molecule has 3 rings (SSSR count). The zero-order valence-electron chi connectivity index (χ0n) is 12.5. The van der Waals surface area contributed by atoms with Gasteiger partial charge in [-0.15, -0.1) is 6.42 Å². The smallest absolute Gasteiger partial charge is 0.352 e. The van der Waals surface area contributed by atoms with Crippen molar-refractivity contribution in [1.82, 2.24) is 14.3 Å². The van der Waals surface area contributed by atoms with Gasteiger partial charge in [0.2, 0.25) is 0 Å². The fourth-order valence-corrected chi connectivity index (χ4v) is 2.50. The number of benzene rings is 1. The van der Waals surface area contributed by atoms with Gasteiger partial charge in [-0.1, -0.05) is 18.1 Å². The second-order valence-electron chi connectivity index (χ2n) is 4.98. The Balaban J connectivity index is 2.24. The number of hydrogen-bond donors (Lipinski definition) is 0. The van der Waals surface area contributed by atoms with Crippen LogP contribution in [0.15, 0.2) is 27.9 Å². The third-order valence-corrected chi connectivity index (χ3v) is 3.87. The van der Waals surface area contributed by atoms with E-state index in [1.807, 2.05) is 0 Å². The van der Waals surface area contributed by atoms with Crippen LogP contribution in [-0.4, -0.2) is 32.5 Å². The molecular weight excluding hydrogens is 335 g/mol. The van der Waals surface area contributed by atoms with Crippen molar-refractivity contribution in [3.8, 4) is 23.8 Å². The van der Waals surface area contributed by atoms with Gasteiger partial charge in [0.1, 0.15) is 29.2 Å². The Labute approximate surface area is 140 Å². The van der Waals surface area contributed by atoms with Crippen molar-refractivity contribution in [2.45, 2.75) is 0 Å². The van der Waals surface area contributed by atoms with Gasteiger partial charge < -0.3 is 9.64 Å². The molecule has 0 N–H and O–H groups in total. The van der Waals surface area contributed by atoms with Crippen molar-refractivity contribution in [2.24, 2.45) is 7.05 Å². The summed E-state index contributed by atoms with van der Waals surface area (Å²) in [6, 6.07) is 2.50. The number of fused-ring (bicyclic) bond motifs is 1. The van der Waals surface area contributed by atoms with E-state index in [9.17, 15) is 14.0 Å².